The van der Waals surface area contributed by atoms with Gasteiger partial charge in [0, 0.05) is 35.9 Å². The molecular weight excluding hydrogens is 262 g/mol. The third-order valence-corrected chi connectivity index (χ3v) is 3.55. The Morgan fingerprint density at radius 3 is 3.05 bits per heavy atom. The number of ketones is 1. The zero-order chi connectivity index (χ0) is 13.8. The van der Waals surface area contributed by atoms with Crippen LogP contribution in [0.25, 0.3) is 0 Å². The van der Waals surface area contributed by atoms with E-state index < -0.39 is 0 Å². The summed E-state index contributed by atoms with van der Waals surface area (Å²) < 4.78 is 5.60. The highest BCUT2D eigenvalue weighted by molar-refractivity contribution is 6.30. The predicted molar refractivity (Wildman–Crippen MR) is 76.9 cm³/mol. The Morgan fingerprint density at radius 2 is 2.32 bits per heavy atom. The van der Waals surface area contributed by atoms with Crippen molar-refractivity contribution < 1.29 is 9.53 Å². The minimum atomic E-state index is 0.159. The maximum atomic E-state index is 12.0. The monoisotopic (exact) mass is 281 g/mol. The van der Waals surface area contributed by atoms with Crippen LogP contribution in [0, 0.1) is 0 Å². The Morgan fingerprint density at radius 1 is 1.53 bits per heavy atom. The SMILES string of the molecule is CC(N)CCCC(=O)Cc1cc(Cl)cc2c1OCC2. The summed E-state index contributed by atoms with van der Waals surface area (Å²) in [6, 6.07) is 3.93. The van der Waals surface area contributed by atoms with Gasteiger partial charge in [0.05, 0.1) is 6.61 Å². The van der Waals surface area contributed by atoms with Gasteiger partial charge in [-0.05, 0) is 37.5 Å². The summed E-state index contributed by atoms with van der Waals surface area (Å²) in [4.78, 5) is 12.0. The molecule has 0 spiro atoms. The Hall–Kier alpha value is -1.06. The number of ether oxygens (including phenoxy) is 1. The fourth-order valence-electron chi connectivity index (χ4n) is 2.40. The van der Waals surface area contributed by atoms with Gasteiger partial charge >= 0.3 is 0 Å². The van der Waals surface area contributed by atoms with Crippen LogP contribution in [-0.2, 0) is 17.6 Å². The molecule has 0 amide bonds. The molecule has 2 N–H and O–H groups in total. The van der Waals surface area contributed by atoms with Crippen molar-refractivity contribution in [2.24, 2.45) is 5.73 Å². The molecule has 0 saturated heterocycles. The first kappa shape index (κ1) is 14.4. The van der Waals surface area contributed by atoms with E-state index in [0.29, 0.717) is 24.5 Å². The molecule has 1 atom stereocenters. The van der Waals surface area contributed by atoms with Gasteiger partial charge in [0.25, 0.3) is 0 Å². The third kappa shape index (κ3) is 3.95. The first-order valence-electron chi connectivity index (χ1n) is 6.77. The molecule has 1 aromatic carbocycles. The molecule has 1 aliphatic heterocycles. The Bertz CT molecular complexity index is 471. The van der Waals surface area contributed by atoms with Gasteiger partial charge in [-0.25, -0.2) is 0 Å². The number of rotatable bonds is 6. The quantitative estimate of drug-likeness (QED) is 0.872. The third-order valence-electron chi connectivity index (χ3n) is 3.33. The van der Waals surface area contributed by atoms with Crippen molar-refractivity contribution in [1.82, 2.24) is 0 Å². The molecule has 104 valence electrons. The fourth-order valence-corrected chi connectivity index (χ4v) is 2.66. The van der Waals surface area contributed by atoms with Crippen LogP contribution in [0.4, 0.5) is 0 Å². The lowest BCUT2D eigenvalue weighted by atomic mass is 10.0. The normalized spacial score (nSPS) is 14.9. The minimum Gasteiger partial charge on any atom is -0.493 e. The fraction of sp³-hybridized carbons (Fsp3) is 0.533. The van der Waals surface area contributed by atoms with Crippen molar-refractivity contribution in [1.29, 1.82) is 0 Å². The second-order valence-corrected chi connectivity index (χ2v) is 5.67. The predicted octanol–water partition coefficient (Wildman–Crippen LogP) is 2.90. The van der Waals surface area contributed by atoms with E-state index >= 15 is 0 Å². The Balaban J connectivity index is 1.97. The van der Waals surface area contributed by atoms with E-state index in [0.717, 1.165) is 36.1 Å². The van der Waals surface area contributed by atoms with E-state index in [9.17, 15) is 4.79 Å². The summed E-state index contributed by atoms with van der Waals surface area (Å²) in [7, 11) is 0. The zero-order valence-corrected chi connectivity index (χ0v) is 12.0. The summed E-state index contributed by atoms with van der Waals surface area (Å²) in [6.07, 6.45) is 3.59. The van der Waals surface area contributed by atoms with Crippen molar-refractivity contribution in [2.45, 2.75) is 45.1 Å². The topological polar surface area (TPSA) is 52.3 Å². The van der Waals surface area contributed by atoms with Crippen LogP contribution in [0.3, 0.4) is 0 Å². The van der Waals surface area contributed by atoms with Crippen LogP contribution in [-0.4, -0.2) is 18.4 Å². The second-order valence-electron chi connectivity index (χ2n) is 5.24. The Labute approximate surface area is 119 Å². The summed E-state index contributed by atoms with van der Waals surface area (Å²) in [5.41, 5.74) is 7.71. The van der Waals surface area contributed by atoms with E-state index in [1.54, 1.807) is 0 Å². The first-order valence-corrected chi connectivity index (χ1v) is 7.15. The number of halogens is 1. The smallest absolute Gasteiger partial charge is 0.137 e. The standard InChI is InChI=1S/C15H20ClNO2/c1-10(17)3-2-4-14(18)9-12-8-13(16)7-11-5-6-19-15(11)12/h7-8,10H,2-6,9,17H2,1H3. The number of benzene rings is 1. The molecule has 0 fully saturated rings. The van der Waals surface area contributed by atoms with E-state index in [-0.39, 0.29) is 11.8 Å². The molecule has 1 aliphatic rings. The number of Topliss-reactive ketones (excluding diaryl/α,β-unsaturated/α-hetero) is 1. The molecule has 0 radical (unpaired) electrons. The van der Waals surface area contributed by atoms with Crippen molar-refractivity contribution >= 4 is 17.4 Å². The summed E-state index contributed by atoms with van der Waals surface area (Å²) in [5, 5.41) is 0.683. The van der Waals surface area contributed by atoms with Gasteiger partial charge < -0.3 is 10.5 Å². The molecule has 2 rings (SSSR count). The van der Waals surface area contributed by atoms with Crippen LogP contribution in [0.15, 0.2) is 12.1 Å². The second kappa shape index (κ2) is 6.40. The number of fused-ring (bicyclic) bond motifs is 1. The molecular formula is C15H20ClNO2. The first-order chi connectivity index (χ1) is 9.06. The highest BCUT2D eigenvalue weighted by atomic mass is 35.5. The molecule has 3 nitrogen and oxygen atoms in total. The van der Waals surface area contributed by atoms with E-state index in [1.807, 2.05) is 19.1 Å². The molecule has 19 heavy (non-hydrogen) atoms. The van der Waals surface area contributed by atoms with Crippen LogP contribution < -0.4 is 10.5 Å². The lowest BCUT2D eigenvalue weighted by Crippen LogP contribution is -2.15. The lowest BCUT2D eigenvalue weighted by molar-refractivity contribution is -0.118. The largest absolute Gasteiger partial charge is 0.493 e. The number of hydrogen-bond acceptors (Lipinski definition) is 3. The van der Waals surface area contributed by atoms with Gasteiger partial charge in [-0.1, -0.05) is 11.6 Å². The molecule has 1 aromatic rings. The van der Waals surface area contributed by atoms with Crippen LogP contribution >= 0.6 is 11.6 Å². The Kier molecular flexibility index (Phi) is 4.83. The van der Waals surface area contributed by atoms with Crippen molar-refractivity contribution in [3.63, 3.8) is 0 Å². The van der Waals surface area contributed by atoms with E-state index in [4.69, 9.17) is 22.1 Å². The number of carbonyl (C=O) groups is 1. The van der Waals surface area contributed by atoms with Crippen LogP contribution in [0.1, 0.15) is 37.3 Å². The van der Waals surface area contributed by atoms with Gasteiger partial charge in [-0.3, -0.25) is 4.79 Å². The number of hydrogen-bond donors (Lipinski definition) is 1. The lowest BCUT2D eigenvalue weighted by Gasteiger charge is -2.09. The van der Waals surface area contributed by atoms with Gasteiger partial charge in [-0.15, -0.1) is 0 Å². The number of nitrogens with two attached hydrogens (primary N) is 1. The zero-order valence-electron chi connectivity index (χ0n) is 11.2. The maximum absolute atomic E-state index is 12.0. The van der Waals surface area contributed by atoms with E-state index in [1.165, 1.54) is 0 Å². The van der Waals surface area contributed by atoms with Gasteiger partial charge in [0.15, 0.2) is 0 Å². The summed E-state index contributed by atoms with van der Waals surface area (Å²) in [6.45, 7) is 2.64. The molecule has 0 saturated carbocycles. The molecule has 4 heteroatoms. The van der Waals surface area contributed by atoms with E-state index in [2.05, 4.69) is 0 Å². The van der Waals surface area contributed by atoms with Crippen molar-refractivity contribution in [3.05, 3.63) is 28.3 Å². The van der Waals surface area contributed by atoms with Crippen molar-refractivity contribution in [3.8, 4) is 5.75 Å². The molecule has 0 aromatic heterocycles. The van der Waals surface area contributed by atoms with Gasteiger partial charge in [-0.2, -0.15) is 0 Å². The molecule has 0 aliphatic carbocycles. The maximum Gasteiger partial charge on any atom is 0.137 e. The van der Waals surface area contributed by atoms with Crippen LogP contribution in [0.5, 0.6) is 5.75 Å². The van der Waals surface area contributed by atoms with Crippen molar-refractivity contribution in [2.75, 3.05) is 6.61 Å². The average Bonchev–Trinajstić information content (AvgIpc) is 2.76. The summed E-state index contributed by atoms with van der Waals surface area (Å²) in [5.74, 6) is 1.09. The highest BCUT2D eigenvalue weighted by Crippen LogP contribution is 2.33. The molecule has 0 bridgehead atoms. The highest BCUT2D eigenvalue weighted by Gasteiger charge is 2.19. The molecule has 1 heterocycles. The average molecular weight is 282 g/mol. The summed E-state index contributed by atoms with van der Waals surface area (Å²) >= 11 is 6.07. The van der Waals surface area contributed by atoms with Gasteiger partial charge in [0.1, 0.15) is 11.5 Å². The van der Waals surface area contributed by atoms with Crippen LogP contribution in [0.2, 0.25) is 5.02 Å². The molecule has 1 unspecified atom stereocenters. The number of carbonyl (C=O) groups excluding carboxylic acids is 1. The van der Waals surface area contributed by atoms with Gasteiger partial charge in [0.2, 0.25) is 0 Å². The minimum absolute atomic E-state index is 0.159.